The molecule has 2 aliphatic rings. The maximum Gasteiger partial charge on any atom is 0.282 e. The van der Waals surface area contributed by atoms with E-state index in [2.05, 4.69) is 4.99 Å². The first-order chi connectivity index (χ1) is 8.62. The molecule has 0 aliphatic carbocycles. The van der Waals surface area contributed by atoms with Crippen LogP contribution in [0.1, 0.15) is 5.56 Å². The Bertz CT molecular complexity index is 520. The Labute approximate surface area is 104 Å². The molecule has 2 atom stereocenters. The number of rotatable bonds is 1. The lowest BCUT2D eigenvalue weighted by Gasteiger charge is -2.34. The molecule has 0 aromatic heterocycles. The number of nitrogen functional groups attached to an aromatic ring is 1. The summed E-state index contributed by atoms with van der Waals surface area (Å²) in [4.78, 5) is 4.30. The summed E-state index contributed by atoms with van der Waals surface area (Å²) in [6, 6.07) is 4.53. The minimum Gasteiger partial charge on any atom is -0.465 e. The van der Waals surface area contributed by atoms with Crippen molar-refractivity contribution in [3.8, 4) is 0 Å². The minimum atomic E-state index is -0.804. The molecule has 6 heteroatoms. The Morgan fingerprint density at radius 1 is 1.33 bits per heavy atom. The average molecular weight is 251 g/mol. The van der Waals surface area contributed by atoms with Crippen LogP contribution in [0.2, 0.25) is 0 Å². The van der Waals surface area contributed by atoms with Crippen LogP contribution in [0, 0.1) is 11.7 Å². The second-order valence-electron chi connectivity index (χ2n) is 4.64. The fourth-order valence-electron chi connectivity index (χ4n) is 2.57. The highest BCUT2D eigenvalue weighted by Gasteiger charge is 2.50. The van der Waals surface area contributed by atoms with Gasteiger partial charge in [0.15, 0.2) is 0 Å². The summed E-state index contributed by atoms with van der Waals surface area (Å²) in [7, 11) is 0. The van der Waals surface area contributed by atoms with Crippen LogP contribution in [-0.4, -0.2) is 25.8 Å². The SMILES string of the molecule is NC1=NC2(c3cc(N)ccc3F)COC[C@H]2CO1. The molecule has 1 fully saturated rings. The number of anilines is 1. The molecule has 0 saturated carbocycles. The Morgan fingerprint density at radius 3 is 3.00 bits per heavy atom. The fourth-order valence-corrected chi connectivity index (χ4v) is 2.57. The predicted octanol–water partition coefficient (Wildman–Crippen LogP) is 0.594. The molecule has 1 unspecified atom stereocenters. The molecule has 96 valence electrons. The van der Waals surface area contributed by atoms with Crippen molar-refractivity contribution in [1.82, 2.24) is 0 Å². The van der Waals surface area contributed by atoms with Gasteiger partial charge in [0.2, 0.25) is 0 Å². The molecule has 1 saturated heterocycles. The van der Waals surface area contributed by atoms with Gasteiger partial charge in [-0.2, -0.15) is 0 Å². The highest BCUT2D eigenvalue weighted by Crippen LogP contribution is 2.43. The van der Waals surface area contributed by atoms with Gasteiger partial charge in [0.1, 0.15) is 11.4 Å². The second-order valence-corrected chi connectivity index (χ2v) is 4.64. The van der Waals surface area contributed by atoms with E-state index in [9.17, 15) is 4.39 Å². The van der Waals surface area contributed by atoms with Gasteiger partial charge >= 0.3 is 0 Å². The molecular weight excluding hydrogens is 237 g/mol. The van der Waals surface area contributed by atoms with Gasteiger partial charge in [0.05, 0.1) is 19.8 Å². The van der Waals surface area contributed by atoms with Crippen LogP contribution in [0.3, 0.4) is 0 Å². The standard InChI is InChI=1S/C12H14FN3O2/c13-10-2-1-8(14)3-9(10)12-6-17-4-7(12)5-18-11(15)16-12/h1-3,7H,4-6,14H2,(H2,15,16)/t7-,12?/m0/s1. The quantitative estimate of drug-likeness (QED) is 0.716. The van der Waals surface area contributed by atoms with Crippen molar-refractivity contribution in [1.29, 1.82) is 0 Å². The van der Waals surface area contributed by atoms with E-state index < -0.39 is 5.54 Å². The first-order valence-electron chi connectivity index (χ1n) is 5.73. The van der Waals surface area contributed by atoms with E-state index in [1.54, 1.807) is 6.07 Å². The molecule has 3 rings (SSSR count). The normalized spacial score (nSPS) is 30.5. The van der Waals surface area contributed by atoms with Crippen molar-refractivity contribution in [3.05, 3.63) is 29.6 Å². The number of aliphatic imine (C=N–C) groups is 1. The third-order valence-corrected chi connectivity index (χ3v) is 3.52. The smallest absolute Gasteiger partial charge is 0.282 e. The van der Waals surface area contributed by atoms with Crippen LogP contribution in [-0.2, 0) is 15.0 Å². The minimum absolute atomic E-state index is 0.0406. The number of fused-ring (bicyclic) bond motifs is 1. The number of amidine groups is 1. The van der Waals surface area contributed by atoms with E-state index >= 15 is 0 Å². The van der Waals surface area contributed by atoms with Crippen LogP contribution in [0.5, 0.6) is 0 Å². The van der Waals surface area contributed by atoms with E-state index in [4.69, 9.17) is 20.9 Å². The molecule has 4 N–H and O–H groups in total. The van der Waals surface area contributed by atoms with Crippen LogP contribution < -0.4 is 11.5 Å². The Hall–Kier alpha value is -1.82. The Kier molecular flexibility index (Phi) is 2.41. The average Bonchev–Trinajstić information content (AvgIpc) is 2.76. The van der Waals surface area contributed by atoms with Crippen molar-refractivity contribution in [2.45, 2.75) is 5.54 Å². The number of hydrogen-bond donors (Lipinski definition) is 2. The molecule has 0 spiro atoms. The maximum atomic E-state index is 14.1. The van der Waals surface area contributed by atoms with Crippen molar-refractivity contribution in [2.75, 3.05) is 25.6 Å². The molecule has 18 heavy (non-hydrogen) atoms. The first kappa shape index (κ1) is 11.3. The highest BCUT2D eigenvalue weighted by atomic mass is 19.1. The topological polar surface area (TPSA) is 82.9 Å². The zero-order valence-electron chi connectivity index (χ0n) is 9.73. The van der Waals surface area contributed by atoms with E-state index in [1.807, 2.05) is 0 Å². The summed E-state index contributed by atoms with van der Waals surface area (Å²) in [5.41, 5.74) is 11.5. The summed E-state index contributed by atoms with van der Waals surface area (Å²) in [5, 5.41) is 0. The Morgan fingerprint density at radius 2 is 2.17 bits per heavy atom. The van der Waals surface area contributed by atoms with Gasteiger partial charge in [-0.15, -0.1) is 0 Å². The monoisotopic (exact) mass is 251 g/mol. The van der Waals surface area contributed by atoms with E-state index in [0.717, 1.165) is 0 Å². The maximum absolute atomic E-state index is 14.1. The van der Waals surface area contributed by atoms with Crippen LogP contribution in [0.25, 0.3) is 0 Å². The lowest BCUT2D eigenvalue weighted by atomic mass is 9.80. The van der Waals surface area contributed by atoms with Gasteiger partial charge in [0, 0.05) is 17.2 Å². The second kappa shape index (κ2) is 3.84. The summed E-state index contributed by atoms with van der Waals surface area (Å²) in [6.45, 7) is 1.15. The number of hydrogen-bond acceptors (Lipinski definition) is 5. The number of nitrogens with zero attached hydrogens (tertiary/aromatic N) is 1. The van der Waals surface area contributed by atoms with E-state index in [-0.39, 0.29) is 17.8 Å². The number of benzene rings is 1. The number of ether oxygens (including phenoxy) is 2. The van der Waals surface area contributed by atoms with Crippen molar-refractivity contribution in [3.63, 3.8) is 0 Å². The molecule has 2 aliphatic heterocycles. The van der Waals surface area contributed by atoms with Gasteiger partial charge in [-0.3, -0.25) is 0 Å². The van der Waals surface area contributed by atoms with Crippen molar-refractivity contribution in [2.24, 2.45) is 16.6 Å². The van der Waals surface area contributed by atoms with Gasteiger partial charge in [-0.25, -0.2) is 9.38 Å². The molecule has 0 amide bonds. The third kappa shape index (κ3) is 1.53. The van der Waals surface area contributed by atoms with Gasteiger partial charge in [0.25, 0.3) is 6.02 Å². The zero-order valence-corrected chi connectivity index (χ0v) is 9.73. The van der Waals surface area contributed by atoms with Gasteiger partial charge in [-0.05, 0) is 18.2 Å². The Balaban J connectivity index is 2.17. The van der Waals surface area contributed by atoms with Crippen LogP contribution in [0.15, 0.2) is 23.2 Å². The summed E-state index contributed by atoms with van der Waals surface area (Å²) in [6.07, 6.45) is 0. The first-order valence-corrected chi connectivity index (χ1v) is 5.73. The zero-order chi connectivity index (χ0) is 12.8. The molecule has 1 aromatic carbocycles. The molecule has 0 bridgehead atoms. The van der Waals surface area contributed by atoms with E-state index in [1.165, 1.54) is 12.1 Å². The van der Waals surface area contributed by atoms with Gasteiger partial charge in [-0.1, -0.05) is 0 Å². The van der Waals surface area contributed by atoms with Crippen LogP contribution in [0.4, 0.5) is 10.1 Å². The summed E-state index contributed by atoms with van der Waals surface area (Å²) < 4.78 is 24.7. The van der Waals surface area contributed by atoms with E-state index in [0.29, 0.717) is 31.1 Å². The third-order valence-electron chi connectivity index (χ3n) is 3.52. The predicted molar refractivity (Wildman–Crippen MR) is 64.4 cm³/mol. The van der Waals surface area contributed by atoms with Gasteiger partial charge < -0.3 is 20.9 Å². The summed E-state index contributed by atoms with van der Waals surface area (Å²) >= 11 is 0. The number of nitrogens with two attached hydrogens (primary N) is 2. The van der Waals surface area contributed by atoms with Crippen molar-refractivity contribution < 1.29 is 13.9 Å². The molecule has 1 aromatic rings. The molecule has 2 heterocycles. The summed E-state index contributed by atoms with van der Waals surface area (Å²) in [5.74, 6) is -0.390. The fraction of sp³-hybridized carbons (Fsp3) is 0.417. The lowest BCUT2D eigenvalue weighted by Crippen LogP contribution is -2.43. The molecule has 5 nitrogen and oxygen atoms in total. The largest absolute Gasteiger partial charge is 0.465 e. The molecular formula is C12H14FN3O2. The highest BCUT2D eigenvalue weighted by molar-refractivity contribution is 5.73. The lowest BCUT2D eigenvalue weighted by molar-refractivity contribution is 0.154. The molecule has 0 radical (unpaired) electrons. The van der Waals surface area contributed by atoms with Crippen LogP contribution >= 0.6 is 0 Å². The van der Waals surface area contributed by atoms with Crippen molar-refractivity contribution >= 4 is 11.7 Å². The number of halogens is 1.